The highest BCUT2D eigenvalue weighted by molar-refractivity contribution is 5.29. The number of nitrogens with one attached hydrogen (secondary N) is 1. The number of nitrogens with zero attached hydrogens (tertiary/aromatic N) is 1. The summed E-state index contributed by atoms with van der Waals surface area (Å²) in [7, 11) is 0. The first-order valence-electron chi connectivity index (χ1n) is 7.34. The monoisotopic (exact) mass is 278 g/mol. The van der Waals surface area contributed by atoms with Crippen molar-refractivity contribution in [2.75, 3.05) is 13.2 Å². The van der Waals surface area contributed by atoms with Gasteiger partial charge >= 0.3 is 0 Å². The van der Waals surface area contributed by atoms with E-state index in [-0.39, 0.29) is 11.5 Å². The number of pyridine rings is 1. The number of rotatable bonds is 5. The average molecular weight is 278 g/mol. The van der Waals surface area contributed by atoms with Crippen LogP contribution in [0.4, 0.5) is 0 Å². The van der Waals surface area contributed by atoms with Crippen molar-refractivity contribution in [2.45, 2.75) is 58.7 Å². The van der Waals surface area contributed by atoms with Gasteiger partial charge in [0, 0.05) is 24.1 Å². The summed E-state index contributed by atoms with van der Waals surface area (Å²) in [6, 6.07) is 4.66. The quantitative estimate of drug-likeness (QED) is 0.899. The van der Waals surface area contributed by atoms with Crippen LogP contribution < -0.4 is 10.1 Å². The molecule has 1 N–H and O–H groups in total. The van der Waals surface area contributed by atoms with Gasteiger partial charge in [0.25, 0.3) is 0 Å². The van der Waals surface area contributed by atoms with Gasteiger partial charge in [0.2, 0.25) is 5.88 Å². The fourth-order valence-corrected chi connectivity index (χ4v) is 1.88. The molecule has 4 heteroatoms. The van der Waals surface area contributed by atoms with Crippen LogP contribution in [-0.4, -0.2) is 30.3 Å². The summed E-state index contributed by atoms with van der Waals surface area (Å²) in [5.41, 5.74) is 2.30. The van der Waals surface area contributed by atoms with E-state index in [4.69, 9.17) is 9.47 Å². The van der Waals surface area contributed by atoms with Gasteiger partial charge in [-0.2, -0.15) is 0 Å². The van der Waals surface area contributed by atoms with Crippen molar-refractivity contribution in [3.63, 3.8) is 0 Å². The third-order valence-corrected chi connectivity index (χ3v) is 3.24. The molecule has 1 fully saturated rings. The molecule has 2 heterocycles. The SMILES string of the molecule is CC(C)NCc1cc(OC2COC2)nc(C(C)(C)C)c1. The summed E-state index contributed by atoms with van der Waals surface area (Å²) in [6.45, 7) is 13.0. The van der Waals surface area contributed by atoms with E-state index in [0.29, 0.717) is 25.1 Å². The Labute approximate surface area is 121 Å². The Morgan fingerprint density at radius 2 is 2.05 bits per heavy atom. The molecule has 4 nitrogen and oxygen atoms in total. The van der Waals surface area contributed by atoms with E-state index in [1.165, 1.54) is 5.56 Å². The molecule has 2 rings (SSSR count). The van der Waals surface area contributed by atoms with Gasteiger partial charge in [0.15, 0.2) is 0 Å². The van der Waals surface area contributed by atoms with Crippen molar-refractivity contribution < 1.29 is 9.47 Å². The van der Waals surface area contributed by atoms with Crippen LogP contribution in [0.3, 0.4) is 0 Å². The summed E-state index contributed by atoms with van der Waals surface area (Å²) in [6.07, 6.45) is 0.156. The van der Waals surface area contributed by atoms with E-state index in [0.717, 1.165) is 12.2 Å². The predicted molar refractivity (Wildman–Crippen MR) is 80.1 cm³/mol. The molecule has 0 atom stereocenters. The molecule has 1 saturated heterocycles. The highest BCUT2D eigenvalue weighted by Crippen LogP contribution is 2.25. The smallest absolute Gasteiger partial charge is 0.214 e. The van der Waals surface area contributed by atoms with Crippen LogP contribution in [0.5, 0.6) is 5.88 Å². The van der Waals surface area contributed by atoms with E-state index in [2.05, 4.69) is 51.0 Å². The maximum absolute atomic E-state index is 5.87. The summed E-state index contributed by atoms with van der Waals surface area (Å²) in [4.78, 5) is 4.65. The Kier molecular flexibility index (Phi) is 4.66. The Bertz CT molecular complexity index is 448. The molecule has 0 aliphatic carbocycles. The van der Waals surface area contributed by atoms with Gasteiger partial charge in [-0.05, 0) is 11.6 Å². The molecule has 112 valence electrons. The number of hydrogen-bond acceptors (Lipinski definition) is 4. The van der Waals surface area contributed by atoms with Crippen LogP contribution >= 0.6 is 0 Å². The van der Waals surface area contributed by atoms with E-state index < -0.39 is 0 Å². The predicted octanol–water partition coefficient (Wildman–Crippen LogP) is 2.65. The molecule has 20 heavy (non-hydrogen) atoms. The van der Waals surface area contributed by atoms with Crippen molar-refractivity contribution in [1.29, 1.82) is 0 Å². The van der Waals surface area contributed by atoms with Crippen LogP contribution in [0.15, 0.2) is 12.1 Å². The number of aromatic nitrogens is 1. The minimum absolute atomic E-state index is 0.0159. The lowest BCUT2D eigenvalue weighted by Crippen LogP contribution is -2.39. The zero-order valence-electron chi connectivity index (χ0n) is 13.2. The molecule has 0 unspecified atom stereocenters. The molecule has 0 radical (unpaired) electrons. The van der Waals surface area contributed by atoms with E-state index in [1.54, 1.807) is 0 Å². The summed E-state index contributed by atoms with van der Waals surface area (Å²) in [5.74, 6) is 0.714. The molecular formula is C16H26N2O2. The highest BCUT2D eigenvalue weighted by Gasteiger charge is 2.23. The van der Waals surface area contributed by atoms with Gasteiger partial charge in [-0.3, -0.25) is 0 Å². The van der Waals surface area contributed by atoms with Crippen LogP contribution in [0.1, 0.15) is 45.9 Å². The summed E-state index contributed by atoms with van der Waals surface area (Å²) in [5, 5.41) is 3.44. The van der Waals surface area contributed by atoms with Crippen LogP contribution in [0, 0.1) is 0 Å². The molecule has 0 aromatic carbocycles. The first-order chi connectivity index (χ1) is 9.34. The topological polar surface area (TPSA) is 43.4 Å². The lowest BCUT2D eigenvalue weighted by atomic mass is 9.91. The van der Waals surface area contributed by atoms with Gasteiger partial charge in [0.05, 0.1) is 18.9 Å². The molecule has 1 aliphatic heterocycles. The zero-order valence-corrected chi connectivity index (χ0v) is 13.2. The summed E-state index contributed by atoms with van der Waals surface area (Å²) >= 11 is 0. The second-order valence-electron chi connectivity index (χ2n) is 6.76. The first kappa shape index (κ1) is 15.3. The number of ether oxygens (including phenoxy) is 2. The number of hydrogen-bond donors (Lipinski definition) is 1. The van der Waals surface area contributed by atoms with Gasteiger partial charge in [0.1, 0.15) is 6.10 Å². The first-order valence-corrected chi connectivity index (χ1v) is 7.34. The Morgan fingerprint density at radius 1 is 1.35 bits per heavy atom. The average Bonchev–Trinajstić information content (AvgIpc) is 2.30. The third-order valence-electron chi connectivity index (χ3n) is 3.24. The second kappa shape index (κ2) is 6.10. The molecule has 0 bridgehead atoms. The van der Waals surface area contributed by atoms with Crippen molar-refractivity contribution in [3.8, 4) is 5.88 Å². The standard InChI is InChI=1S/C16H26N2O2/c1-11(2)17-8-12-6-14(16(3,4)5)18-15(7-12)20-13-9-19-10-13/h6-7,11,13,17H,8-10H2,1-5H3. The fraction of sp³-hybridized carbons (Fsp3) is 0.688. The molecule has 1 aromatic heterocycles. The third kappa shape index (κ3) is 4.18. The van der Waals surface area contributed by atoms with Gasteiger partial charge in [-0.1, -0.05) is 34.6 Å². The molecule has 1 aromatic rings. The van der Waals surface area contributed by atoms with Crippen molar-refractivity contribution in [1.82, 2.24) is 10.3 Å². The molecule has 0 saturated carbocycles. The Morgan fingerprint density at radius 3 is 2.55 bits per heavy atom. The maximum atomic E-state index is 5.87. The van der Waals surface area contributed by atoms with Crippen molar-refractivity contribution in [2.24, 2.45) is 0 Å². The minimum Gasteiger partial charge on any atom is -0.469 e. The largest absolute Gasteiger partial charge is 0.469 e. The van der Waals surface area contributed by atoms with E-state index in [1.807, 2.05) is 6.07 Å². The highest BCUT2D eigenvalue weighted by atomic mass is 16.6. The van der Waals surface area contributed by atoms with Crippen LogP contribution in [0.2, 0.25) is 0 Å². The summed E-state index contributed by atoms with van der Waals surface area (Å²) < 4.78 is 11.0. The normalized spacial score (nSPS) is 16.3. The zero-order chi connectivity index (χ0) is 14.8. The molecule has 0 spiro atoms. The van der Waals surface area contributed by atoms with Gasteiger partial charge in [-0.15, -0.1) is 0 Å². The molecular weight excluding hydrogens is 252 g/mol. The lowest BCUT2D eigenvalue weighted by Gasteiger charge is -2.27. The molecule has 1 aliphatic rings. The lowest BCUT2D eigenvalue weighted by molar-refractivity contribution is -0.0814. The maximum Gasteiger partial charge on any atom is 0.214 e. The van der Waals surface area contributed by atoms with Crippen molar-refractivity contribution >= 4 is 0 Å². The Hall–Kier alpha value is -1.13. The second-order valence-corrected chi connectivity index (χ2v) is 6.76. The van der Waals surface area contributed by atoms with E-state index in [9.17, 15) is 0 Å². The van der Waals surface area contributed by atoms with Crippen molar-refractivity contribution in [3.05, 3.63) is 23.4 Å². The van der Waals surface area contributed by atoms with Gasteiger partial charge in [-0.25, -0.2) is 4.98 Å². The van der Waals surface area contributed by atoms with Gasteiger partial charge < -0.3 is 14.8 Å². The van der Waals surface area contributed by atoms with Crippen LogP contribution in [0.25, 0.3) is 0 Å². The Balaban J connectivity index is 2.18. The minimum atomic E-state index is 0.0159. The fourth-order valence-electron chi connectivity index (χ4n) is 1.88. The van der Waals surface area contributed by atoms with E-state index >= 15 is 0 Å². The van der Waals surface area contributed by atoms with Crippen LogP contribution in [-0.2, 0) is 16.7 Å². The molecule has 0 amide bonds.